The first kappa shape index (κ1) is 14.3. The van der Waals surface area contributed by atoms with E-state index in [4.69, 9.17) is 0 Å². The minimum atomic E-state index is 0.494. The molecule has 2 atom stereocenters. The molecule has 1 aliphatic rings. The third kappa shape index (κ3) is 3.70. The molecular formula is C17H24N4. The summed E-state index contributed by atoms with van der Waals surface area (Å²) in [6, 6.07) is 11.3. The minimum absolute atomic E-state index is 0.494. The van der Waals surface area contributed by atoms with Crippen molar-refractivity contribution in [3.05, 3.63) is 48.5 Å². The maximum absolute atomic E-state index is 4.30. The third-order valence-corrected chi connectivity index (χ3v) is 4.54. The fourth-order valence-electron chi connectivity index (χ4n) is 3.18. The van der Waals surface area contributed by atoms with E-state index < -0.39 is 0 Å². The number of hydrogen-bond acceptors (Lipinski definition) is 3. The van der Waals surface area contributed by atoms with Crippen molar-refractivity contribution < 1.29 is 0 Å². The van der Waals surface area contributed by atoms with Crippen molar-refractivity contribution >= 4 is 0 Å². The molecule has 0 radical (unpaired) electrons. The average molecular weight is 284 g/mol. The number of piperidine rings is 1. The van der Waals surface area contributed by atoms with Gasteiger partial charge in [0, 0.05) is 6.54 Å². The van der Waals surface area contributed by atoms with Gasteiger partial charge < -0.3 is 4.90 Å². The lowest BCUT2D eigenvalue weighted by Gasteiger charge is -2.33. The number of nitrogens with zero attached hydrogens (tertiary/aromatic N) is 4. The summed E-state index contributed by atoms with van der Waals surface area (Å²) in [6.07, 6.45) is 7.17. The zero-order valence-corrected chi connectivity index (χ0v) is 12.7. The van der Waals surface area contributed by atoms with Gasteiger partial charge in [0.1, 0.15) is 12.7 Å². The van der Waals surface area contributed by atoms with Crippen molar-refractivity contribution in [1.82, 2.24) is 19.7 Å². The smallest absolute Gasteiger partial charge is 0.137 e. The highest BCUT2D eigenvalue weighted by atomic mass is 15.3. The molecule has 2 unspecified atom stereocenters. The van der Waals surface area contributed by atoms with E-state index in [1.54, 1.807) is 6.33 Å². The summed E-state index contributed by atoms with van der Waals surface area (Å²) < 4.78 is 2.02. The van der Waals surface area contributed by atoms with Gasteiger partial charge in [0.2, 0.25) is 0 Å². The predicted molar refractivity (Wildman–Crippen MR) is 84.2 cm³/mol. The molecule has 112 valence electrons. The number of likely N-dealkylation sites (tertiary alicyclic amines) is 1. The van der Waals surface area contributed by atoms with Crippen molar-refractivity contribution in [2.75, 3.05) is 19.6 Å². The van der Waals surface area contributed by atoms with E-state index in [-0.39, 0.29) is 0 Å². The van der Waals surface area contributed by atoms with E-state index in [1.807, 2.05) is 11.0 Å². The summed E-state index contributed by atoms with van der Waals surface area (Å²) in [4.78, 5) is 6.65. The monoisotopic (exact) mass is 284 g/mol. The molecule has 21 heavy (non-hydrogen) atoms. The van der Waals surface area contributed by atoms with Gasteiger partial charge in [-0.3, -0.25) is 0 Å². The van der Waals surface area contributed by atoms with Crippen LogP contribution in [-0.4, -0.2) is 39.3 Å². The summed E-state index contributed by atoms with van der Waals surface area (Å²) in [5.41, 5.74) is 1.45. The number of aromatic nitrogens is 3. The topological polar surface area (TPSA) is 34.0 Å². The van der Waals surface area contributed by atoms with Crippen molar-refractivity contribution in [3.63, 3.8) is 0 Å². The van der Waals surface area contributed by atoms with Crippen LogP contribution in [0.3, 0.4) is 0 Å². The molecule has 1 aliphatic heterocycles. The Kier molecular flexibility index (Phi) is 4.65. The second-order valence-electron chi connectivity index (χ2n) is 6.07. The van der Waals surface area contributed by atoms with Crippen molar-refractivity contribution in [2.24, 2.45) is 0 Å². The van der Waals surface area contributed by atoms with Gasteiger partial charge >= 0.3 is 0 Å². The second kappa shape index (κ2) is 6.85. The van der Waals surface area contributed by atoms with Crippen LogP contribution in [0.5, 0.6) is 0 Å². The summed E-state index contributed by atoms with van der Waals surface area (Å²) in [5, 5.41) is 4.30. The highest BCUT2D eigenvalue weighted by Gasteiger charge is 2.21. The van der Waals surface area contributed by atoms with Crippen LogP contribution in [0, 0.1) is 0 Å². The number of hydrogen-bond donors (Lipinski definition) is 0. The van der Waals surface area contributed by atoms with Gasteiger partial charge in [0.05, 0.1) is 6.04 Å². The first-order valence-electron chi connectivity index (χ1n) is 7.94. The van der Waals surface area contributed by atoms with Crippen molar-refractivity contribution in [3.8, 4) is 0 Å². The van der Waals surface area contributed by atoms with Crippen molar-refractivity contribution in [2.45, 2.75) is 38.1 Å². The van der Waals surface area contributed by atoms with Gasteiger partial charge in [-0.15, -0.1) is 0 Å². The molecule has 0 bridgehead atoms. The Bertz CT molecular complexity index is 523. The van der Waals surface area contributed by atoms with Gasteiger partial charge in [-0.1, -0.05) is 37.3 Å². The van der Waals surface area contributed by atoms with Crippen molar-refractivity contribution in [1.29, 1.82) is 0 Å². The zero-order chi connectivity index (χ0) is 14.5. The van der Waals surface area contributed by atoms with Crippen LogP contribution >= 0.6 is 0 Å². The quantitative estimate of drug-likeness (QED) is 0.846. The maximum Gasteiger partial charge on any atom is 0.137 e. The van der Waals surface area contributed by atoms with Gasteiger partial charge in [-0.25, -0.2) is 9.67 Å². The van der Waals surface area contributed by atoms with Crippen LogP contribution in [-0.2, 0) is 0 Å². The van der Waals surface area contributed by atoms with Crippen LogP contribution in [0.15, 0.2) is 43.0 Å². The van der Waals surface area contributed by atoms with Crippen LogP contribution in [0.4, 0.5) is 0 Å². The van der Waals surface area contributed by atoms with Crippen LogP contribution < -0.4 is 0 Å². The number of benzene rings is 1. The highest BCUT2D eigenvalue weighted by molar-refractivity contribution is 5.18. The molecule has 1 aromatic heterocycles. The van der Waals surface area contributed by atoms with Crippen LogP contribution in [0.1, 0.15) is 43.7 Å². The third-order valence-electron chi connectivity index (χ3n) is 4.54. The fraction of sp³-hybridized carbons (Fsp3) is 0.529. The molecule has 0 amide bonds. The second-order valence-corrected chi connectivity index (χ2v) is 6.07. The first-order valence-corrected chi connectivity index (χ1v) is 7.94. The summed E-state index contributed by atoms with van der Waals surface area (Å²) in [7, 11) is 0. The normalized spacial score (nSPS) is 21.3. The van der Waals surface area contributed by atoms with Gasteiger partial charge in [-0.2, -0.15) is 5.10 Å². The Labute approximate surface area is 126 Å². The Morgan fingerprint density at radius 3 is 2.90 bits per heavy atom. The van der Waals surface area contributed by atoms with Crippen LogP contribution in [0.2, 0.25) is 0 Å². The SMILES string of the molecule is CC(CCN1CCCC(n2cncn2)C1)c1ccccc1. The Balaban J connectivity index is 1.51. The Morgan fingerprint density at radius 2 is 2.14 bits per heavy atom. The lowest BCUT2D eigenvalue weighted by atomic mass is 9.97. The first-order chi connectivity index (χ1) is 10.3. The van der Waals surface area contributed by atoms with Gasteiger partial charge in [0.25, 0.3) is 0 Å². The molecular weight excluding hydrogens is 260 g/mol. The van der Waals surface area contributed by atoms with E-state index in [2.05, 4.69) is 52.2 Å². The molecule has 4 heteroatoms. The van der Waals surface area contributed by atoms with E-state index in [9.17, 15) is 0 Å². The fourth-order valence-corrected chi connectivity index (χ4v) is 3.18. The molecule has 0 aliphatic carbocycles. The molecule has 3 rings (SSSR count). The standard InChI is InChI=1S/C17H24N4/c1-15(16-6-3-2-4-7-16)9-11-20-10-5-8-17(12-20)21-14-18-13-19-21/h2-4,6-7,13-15,17H,5,8-12H2,1H3. The largest absolute Gasteiger partial charge is 0.301 e. The summed E-state index contributed by atoms with van der Waals surface area (Å²) in [5.74, 6) is 0.623. The predicted octanol–water partition coefficient (Wildman–Crippen LogP) is 3.11. The van der Waals surface area contributed by atoms with E-state index in [0.717, 1.165) is 6.54 Å². The average Bonchev–Trinajstić information content (AvgIpc) is 3.08. The molecule has 0 spiro atoms. The summed E-state index contributed by atoms with van der Waals surface area (Å²) in [6.45, 7) is 5.81. The molecule has 1 saturated heterocycles. The molecule has 2 heterocycles. The lowest BCUT2D eigenvalue weighted by Crippen LogP contribution is -2.37. The zero-order valence-electron chi connectivity index (χ0n) is 12.7. The maximum atomic E-state index is 4.30. The lowest BCUT2D eigenvalue weighted by molar-refractivity contribution is 0.165. The molecule has 0 saturated carbocycles. The molecule has 1 aromatic carbocycles. The van der Waals surface area contributed by atoms with E-state index in [0.29, 0.717) is 12.0 Å². The number of rotatable bonds is 5. The van der Waals surface area contributed by atoms with E-state index in [1.165, 1.54) is 37.9 Å². The Morgan fingerprint density at radius 1 is 1.29 bits per heavy atom. The molecule has 2 aromatic rings. The van der Waals surface area contributed by atoms with Gasteiger partial charge in [-0.05, 0) is 43.8 Å². The van der Waals surface area contributed by atoms with Crippen LogP contribution in [0.25, 0.3) is 0 Å². The van der Waals surface area contributed by atoms with Gasteiger partial charge in [0.15, 0.2) is 0 Å². The molecule has 0 N–H and O–H groups in total. The molecule has 4 nitrogen and oxygen atoms in total. The highest BCUT2D eigenvalue weighted by Crippen LogP contribution is 2.23. The van der Waals surface area contributed by atoms with E-state index >= 15 is 0 Å². The Hall–Kier alpha value is -1.68. The summed E-state index contributed by atoms with van der Waals surface area (Å²) >= 11 is 0. The molecule has 1 fully saturated rings. The minimum Gasteiger partial charge on any atom is -0.301 e.